The molecule has 2 unspecified atom stereocenters. The Labute approximate surface area is 101 Å². The van der Waals surface area contributed by atoms with E-state index < -0.39 is 0 Å². The van der Waals surface area contributed by atoms with Gasteiger partial charge in [0.15, 0.2) is 5.84 Å². The third-order valence-electron chi connectivity index (χ3n) is 3.23. The van der Waals surface area contributed by atoms with Crippen LogP contribution in [0.5, 0.6) is 0 Å². The molecular weight excluding hydrogens is 216 g/mol. The number of hydrogen-bond acceptors (Lipinski definition) is 4. The third-order valence-corrected chi connectivity index (χ3v) is 3.23. The van der Waals surface area contributed by atoms with Crippen molar-refractivity contribution < 1.29 is 5.21 Å². The molecule has 1 aliphatic heterocycles. The maximum Gasteiger partial charge on any atom is 0.188 e. The summed E-state index contributed by atoms with van der Waals surface area (Å²) < 4.78 is 0. The lowest BCUT2D eigenvalue weighted by molar-refractivity contribution is 0.318. The van der Waals surface area contributed by atoms with Gasteiger partial charge in [-0.25, -0.2) is 0 Å². The third kappa shape index (κ3) is 2.33. The molecule has 2 atom stereocenters. The second-order valence-corrected chi connectivity index (χ2v) is 4.73. The lowest BCUT2D eigenvalue weighted by Gasteiger charge is -2.23. The Hall–Kier alpha value is -1.78. The van der Waals surface area contributed by atoms with Crippen LogP contribution in [-0.4, -0.2) is 28.6 Å². The summed E-state index contributed by atoms with van der Waals surface area (Å²) in [7, 11) is 0. The van der Waals surface area contributed by atoms with Crippen molar-refractivity contribution in [3.8, 4) is 0 Å². The van der Waals surface area contributed by atoms with Gasteiger partial charge in [0.05, 0.1) is 11.9 Å². The van der Waals surface area contributed by atoms with Crippen molar-refractivity contribution in [3.63, 3.8) is 0 Å². The molecule has 1 fully saturated rings. The monoisotopic (exact) mass is 234 g/mol. The number of hydrogen-bond donors (Lipinski definition) is 2. The quantitative estimate of drug-likeness (QED) is 0.351. The van der Waals surface area contributed by atoms with Crippen LogP contribution in [0.1, 0.15) is 26.0 Å². The fourth-order valence-corrected chi connectivity index (χ4v) is 2.42. The smallest absolute Gasteiger partial charge is 0.188 e. The number of rotatable bonds is 2. The van der Waals surface area contributed by atoms with Gasteiger partial charge in [-0.15, -0.1) is 0 Å². The van der Waals surface area contributed by atoms with E-state index in [4.69, 9.17) is 10.9 Å². The highest BCUT2D eigenvalue weighted by Gasteiger charge is 2.26. The SMILES string of the molecule is CC1CC(C)N(c2ccc(/C(N)=N/O)nc2)C1. The number of oxime groups is 1. The van der Waals surface area contributed by atoms with Crippen LogP contribution in [0, 0.1) is 5.92 Å². The van der Waals surface area contributed by atoms with Gasteiger partial charge in [-0.1, -0.05) is 12.1 Å². The van der Waals surface area contributed by atoms with Crippen LogP contribution >= 0.6 is 0 Å². The summed E-state index contributed by atoms with van der Waals surface area (Å²) in [6.07, 6.45) is 2.99. The van der Waals surface area contributed by atoms with Crippen LogP contribution in [0.25, 0.3) is 0 Å². The van der Waals surface area contributed by atoms with E-state index in [1.807, 2.05) is 6.07 Å². The maximum atomic E-state index is 8.56. The fourth-order valence-electron chi connectivity index (χ4n) is 2.42. The normalized spacial score (nSPS) is 25.3. The Bertz CT molecular complexity index is 415. The van der Waals surface area contributed by atoms with Crippen LogP contribution in [0.15, 0.2) is 23.5 Å². The van der Waals surface area contributed by atoms with E-state index in [0.717, 1.165) is 12.2 Å². The first-order valence-electron chi connectivity index (χ1n) is 5.82. The van der Waals surface area contributed by atoms with Gasteiger partial charge in [-0.05, 0) is 31.4 Å². The zero-order valence-corrected chi connectivity index (χ0v) is 10.2. The summed E-state index contributed by atoms with van der Waals surface area (Å²) >= 11 is 0. The minimum atomic E-state index is 0.0411. The predicted molar refractivity (Wildman–Crippen MR) is 67.3 cm³/mol. The van der Waals surface area contributed by atoms with Gasteiger partial charge in [-0.3, -0.25) is 4.98 Å². The lowest BCUT2D eigenvalue weighted by Crippen LogP contribution is -2.27. The summed E-state index contributed by atoms with van der Waals surface area (Å²) in [4.78, 5) is 6.54. The number of aromatic nitrogens is 1. The Morgan fingerprint density at radius 2 is 2.29 bits per heavy atom. The molecule has 2 rings (SSSR count). The van der Waals surface area contributed by atoms with E-state index >= 15 is 0 Å². The molecule has 17 heavy (non-hydrogen) atoms. The minimum absolute atomic E-state index is 0.0411. The molecule has 0 aromatic carbocycles. The van der Waals surface area contributed by atoms with Crippen LogP contribution in [0.4, 0.5) is 5.69 Å². The predicted octanol–water partition coefficient (Wildman–Crippen LogP) is 1.41. The first kappa shape index (κ1) is 11.7. The molecule has 5 heteroatoms. The van der Waals surface area contributed by atoms with Crippen molar-refractivity contribution in [3.05, 3.63) is 24.0 Å². The molecule has 5 nitrogen and oxygen atoms in total. The molecule has 3 N–H and O–H groups in total. The average Bonchev–Trinajstić information content (AvgIpc) is 2.68. The highest BCUT2D eigenvalue weighted by molar-refractivity contribution is 5.95. The molecule has 0 bridgehead atoms. The van der Waals surface area contributed by atoms with Crippen molar-refractivity contribution in [1.82, 2.24) is 4.98 Å². The van der Waals surface area contributed by atoms with Crippen LogP contribution < -0.4 is 10.6 Å². The van der Waals surface area contributed by atoms with E-state index in [0.29, 0.717) is 17.7 Å². The number of anilines is 1. The van der Waals surface area contributed by atoms with E-state index in [-0.39, 0.29) is 5.84 Å². The molecule has 0 saturated carbocycles. The molecule has 0 spiro atoms. The van der Waals surface area contributed by atoms with Gasteiger partial charge in [0, 0.05) is 12.6 Å². The van der Waals surface area contributed by atoms with Crippen molar-refractivity contribution in [2.75, 3.05) is 11.4 Å². The highest BCUT2D eigenvalue weighted by Crippen LogP contribution is 2.27. The van der Waals surface area contributed by atoms with Gasteiger partial charge in [-0.2, -0.15) is 0 Å². The Balaban J connectivity index is 2.18. The molecule has 2 heterocycles. The first-order chi connectivity index (χ1) is 8.11. The summed E-state index contributed by atoms with van der Waals surface area (Å²) in [6.45, 7) is 5.54. The van der Waals surface area contributed by atoms with Crippen LogP contribution in [0.2, 0.25) is 0 Å². The highest BCUT2D eigenvalue weighted by atomic mass is 16.4. The van der Waals surface area contributed by atoms with Crippen LogP contribution in [-0.2, 0) is 0 Å². The minimum Gasteiger partial charge on any atom is -0.409 e. The molecule has 0 aliphatic carbocycles. The zero-order valence-electron chi connectivity index (χ0n) is 10.2. The zero-order chi connectivity index (χ0) is 12.4. The number of nitrogens with zero attached hydrogens (tertiary/aromatic N) is 3. The summed E-state index contributed by atoms with van der Waals surface area (Å²) in [5.74, 6) is 0.758. The van der Waals surface area contributed by atoms with E-state index in [1.165, 1.54) is 6.42 Å². The topological polar surface area (TPSA) is 74.7 Å². The van der Waals surface area contributed by atoms with E-state index in [9.17, 15) is 0 Å². The van der Waals surface area contributed by atoms with Crippen LogP contribution in [0.3, 0.4) is 0 Å². The van der Waals surface area contributed by atoms with E-state index in [1.54, 1.807) is 12.3 Å². The molecule has 1 aromatic heterocycles. The second-order valence-electron chi connectivity index (χ2n) is 4.73. The summed E-state index contributed by atoms with van der Waals surface area (Å²) in [5.41, 5.74) is 7.06. The molecule has 92 valence electrons. The van der Waals surface area contributed by atoms with Gasteiger partial charge in [0.25, 0.3) is 0 Å². The fraction of sp³-hybridized carbons (Fsp3) is 0.500. The molecule has 1 aliphatic rings. The van der Waals surface area contributed by atoms with Gasteiger partial charge >= 0.3 is 0 Å². The van der Waals surface area contributed by atoms with Gasteiger partial charge < -0.3 is 15.8 Å². The standard InChI is InChI=1S/C12H18N4O/c1-8-5-9(2)16(7-8)10-3-4-11(14-6-10)12(13)15-17/h3-4,6,8-9,17H,5,7H2,1-2H3,(H2,13,15). The second kappa shape index (κ2) is 4.61. The molecule has 1 aromatic rings. The first-order valence-corrected chi connectivity index (χ1v) is 5.82. The maximum absolute atomic E-state index is 8.56. The van der Waals surface area contributed by atoms with Crippen molar-refractivity contribution in [1.29, 1.82) is 0 Å². The number of amidine groups is 1. The van der Waals surface area contributed by atoms with E-state index in [2.05, 4.69) is 28.9 Å². The molecule has 0 amide bonds. The molecule has 1 saturated heterocycles. The van der Waals surface area contributed by atoms with Crippen molar-refractivity contribution in [2.24, 2.45) is 16.8 Å². The largest absolute Gasteiger partial charge is 0.409 e. The number of pyridine rings is 1. The Morgan fingerprint density at radius 3 is 2.76 bits per heavy atom. The molecule has 0 radical (unpaired) electrons. The van der Waals surface area contributed by atoms with Crippen molar-refractivity contribution in [2.45, 2.75) is 26.3 Å². The number of nitrogens with two attached hydrogens (primary N) is 1. The average molecular weight is 234 g/mol. The van der Waals surface area contributed by atoms with Crippen molar-refractivity contribution >= 4 is 11.5 Å². The van der Waals surface area contributed by atoms with Gasteiger partial charge in [0.1, 0.15) is 5.69 Å². The lowest BCUT2D eigenvalue weighted by atomic mass is 10.1. The molecular formula is C12H18N4O. The summed E-state index contributed by atoms with van der Waals surface area (Å²) in [5, 5.41) is 11.5. The Kier molecular flexibility index (Phi) is 3.17. The van der Waals surface area contributed by atoms with Gasteiger partial charge in [0.2, 0.25) is 0 Å². The summed E-state index contributed by atoms with van der Waals surface area (Å²) in [6, 6.07) is 4.29. The Morgan fingerprint density at radius 1 is 1.53 bits per heavy atom.